The van der Waals surface area contributed by atoms with Crippen molar-refractivity contribution >= 4 is 86.0 Å². The highest BCUT2D eigenvalue weighted by Gasteiger charge is 2.49. The van der Waals surface area contributed by atoms with E-state index >= 15 is 0 Å². The Morgan fingerprint density at radius 3 is 2.11 bits per heavy atom. The molecule has 11 aromatic rings. The van der Waals surface area contributed by atoms with Gasteiger partial charge in [-0.15, -0.1) is 11.3 Å². The van der Waals surface area contributed by atoms with Crippen molar-refractivity contribution in [2.45, 2.75) is 44.9 Å². The van der Waals surface area contributed by atoms with Crippen LogP contribution < -0.4 is 0 Å². The fourth-order valence-electron chi connectivity index (χ4n) is 11.0. The molecule has 57 heavy (non-hydrogen) atoms. The van der Waals surface area contributed by atoms with Gasteiger partial charge in [0.2, 0.25) is 0 Å². The molecule has 1 aliphatic heterocycles. The predicted molar refractivity (Wildman–Crippen MR) is 240 cm³/mol. The van der Waals surface area contributed by atoms with Crippen LogP contribution in [0, 0.1) is 5.92 Å². The van der Waals surface area contributed by atoms with E-state index in [2.05, 4.69) is 176 Å². The van der Waals surface area contributed by atoms with E-state index in [1.807, 2.05) is 0 Å². The first-order valence-electron chi connectivity index (χ1n) is 20.1. The average molecular weight is 751 g/mol. The summed E-state index contributed by atoms with van der Waals surface area (Å²) in [5.74, 6) is 2.18. The zero-order valence-electron chi connectivity index (χ0n) is 32.3. The fraction of sp³-hybridized carbons (Fsp3) is 0.154. The number of fused-ring (bicyclic) bond motifs is 13. The number of hydrogen-bond donors (Lipinski definition) is 0. The van der Waals surface area contributed by atoms with Crippen LogP contribution in [0.1, 0.15) is 50.8 Å². The molecule has 5 heteroatoms. The molecule has 1 aliphatic carbocycles. The van der Waals surface area contributed by atoms with Crippen LogP contribution in [0.5, 0.6) is 0 Å². The van der Waals surface area contributed by atoms with Gasteiger partial charge in [-0.25, -0.2) is 9.97 Å². The first-order chi connectivity index (χ1) is 27.8. The fourth-order valence-corrected chi connectivity index (χ4v) is 12.1. The van der Waals surface area contributed by atoms with Gasteiger partial charge in [-0.2, -0.15) is 0 Å². The summed E-state index contributed by atoms with van der Waals surface area (Å²) in [6, 6.07) is 51.6. The molecule has 0 amide bonds. The van der Waals surface area contributed by atoms with E-state index in [9.17, 15) is 0 Å². The van der Waals surface area contributed by atoms with Gasteiger partial charge in [0, 0.05) is 42.6 Å². The van der Waals surface area contributed by atoms with Crippen LogP contribution in [0.3, 0.4) is 0 Å². The van der Waals surface area contributed by atoms with Gasteiger partial charge < -0.3 is 4.57 Å². The second-order valence-electron chi connectivity index (χ2n) is 17.3. The lowest BCUT2D eigenvalue weighted by Gasteiger charge is -2.50. The predicted octanol–water partition coefficient (Wildman–Crippen LogP) is 13.8. The molecule has 7 aromatic carbocycles. The maximum Gasteiger partial charge on any atom is 0.162 e. The average Bonchev–Trinajstić information content (AvgIpc) is 3.89. The van der Waals surface area contributed by atoms with Crippen molar-refractivity contribution < 1.29 is 0 Å². The van der Waals surface area contributed by atoms with Crippen molar-refractivity contribution in [1.29, 1.82) is 0 Å². The molecule has 2 atom stereocenters. The molecule has 4 aromatic heterocycles. The minimum Gasteiger partial charge on any atom is -0.307 e. The van der Waals surface area contributed by atoms with E-state index in [-0.39, 0.29) is 10.8 Å². The summed E-state index contributed by atoms with van der Waals surface area (Å²) in [7, 11) is 0. The van der Waals surface area contributed by atoms with Crippen LogP contribution in [0.2, 0.25) is 0 Å². The molecule has 0 fully saturated rings. The quantitative estimate of drug-likeness (QED) is 0.176. The summed E-state index contributed by atoms with van der Waals surface area (Å²) in [6.07, 6.45) is 1.11. The zero-order chi connectivity index (χ0) is 37.9. The van der Waals surface area contributed by atoms with E-state index < -0.39 is 0 Å². The molecule has 5 heterocycles. The van der Waals surface area contributed by atoms with Crippen molar-refractivity contribution in [3.63, 3.8) is 0 Å². The van der Waals surface area contributed by atoms with Gasteiger partial charge in [-0.1, -0.05) is 143 Å². The SMILES string of the molecule is CC1CC2(C)c3c(cccc3C1(C)C)-n1c3c2cccc3c2ccc3c4cc5ccccc5cc4n(-c4nc(-c5ccccc5)nc5c4sc4ccccc45)c3c21. The number of rotatable bonds is 2. The Hall–Kier alpha value is -6.30. The van der Waals surface area contributed by atoms with Crippen molar-refractivity contribution in [1.82, 2.24) is 19.1 Å². The topological polar surface area (TPSA) is 35.6 Å². The monoisotopic (exact) mass is 750 g/mol. The molecular formula is C52H38N4S. The van der Waals surface area contributed by atoms with Gasteiger partial charge in [-0.05, 0) is 69.5 Å². The summed E-state index contributed by atoms with van der Waals surface area (Å²) in [5.41, 5.74) is 12.5. The lowest BCUT2D eigenvalue weighted by molar-refractivity contribution is 0.244. The van der Waals surface area contributed by atoms with Gasteiger partial charge in [-0.3, -0.25) is 4.57 Å². The van der Waals surface area contributed by atoms with Crippen LogP contribution in [0.25, 0.3) is 97.6 Å². The van der Waals surface area contributed by atoms with Crippen molar-refractivity contribution in [2.75, 3.05) is 0 Å². The highest BCUT2D eigenvalue weighted by atomic mass is 32.1. The van der Waals surface area contributed by atoms with Gasteiger partial charge in [0.15, 0.2) is 11.6 Å². The molecule has 4 nitrogen and oxygen atoms in total. The van der Waals surface area contributed by atoms with Crippen LogP contribution in [-0.2, 0) is 10.8 Å². The highest BCUT2D eigenvalue weighted by molar-refractivity contribution is 7.26. The summed E-state index contributed by atoms with van der Waals surface area (Å²) in [5, 5.41) is 8.63. The summed E-state index contributed by atoms with van der Waals surface area (Å²) in [6.45, 7) is 9.87. The second kappa shape index (κ2) is 10.8. The zero-order valence-corrected chi connectivity index (χ0v) is 33.1. The van der Waals surface area contributed by atoms with Crippen LogP contribution in [-0.4, -0.2) is 19.1 Å². The summed E-state index contributed by atoms with van der Waals surface area (Å²) < 4.78 is 7.45. The molecule has 0 N–H and O–H groups in total. The molecule has 0 saturated carbocycles. The Morgan fingerprint density at radius 1 is 0.596 bits per heavy atom. The van der Waals surface area contributed by atoms with E-state index in [0.717, 1.165) is 44.7 Å². The lowest BCUT2D eigenvalue weighted by atomic mass is 9.54. The first-order valence-corrected chi connectivity index (χ1v) is 21.0. The third-order valence-corrected chi connectivity index (χ3v) is 15.2. The molecular weight excluding hydrogens is 713 g/mol. The van der Waals surface area contributed by atoms with Gasteiger partial charge in [0.25, 0.3) is 0 Å². The lowest BCUT2D eigenvalue weighted by Crippen LogP contribution is -2.44. The number of hydrogen-bond acceptors (Lipinski definition) is 3. The minimum atomic E-state index is -0.102. The third-order valence-electron chi connectivity index (χ3n) is 14.1. The van der Waals surface area contributed by atoms with Gasteiger partial charge >= 0.3 is 0 Å². The Morgan fingerprint density at radius 2 is 1.26 bits per heavy atom. The number of benzene rings is 7. The molecule has 13 rings (SSSR count). The summed E-state index contributed by atoms with van der Waals surface area (Å²) in [4.78, 5) is 11.0. The van der Waals surface area contributed by atoms with Crippen molar-refractivity contribution in [2.24, 2.45) is 5.92 Å². The summed E-state index contributed by atoms with van der Waals surface area (Å²) >= 11 is 1.79. The standard InChI is InChI=1S/C52H38N4S/c1-29-28-52(4)39-21-12-19-33-34-24-25-35-37-26-31-16-8-9-17-32(31)27-41(37)56(47(35)46(34)55(45(33)39)40-22-13-20-38(43(40)52)51(29,2)3)50-48-44(36-18-10-11-23-42(36)57-48)53-49(54-50)30-14-6-5-7-15-30/h5-27,29H,28H2,1-4H3. The second-order valence-corrected chi connectivity index (χ2v) is 18.4. The largest absolute Gasteiger partial charge is 0.307 e. The normalized spacial score (nSPS) is 18.5. The smallest absolute Gasteiger partial charge is 0.162 e. The van der Waals surface area contributed by atoms with E-state index in [1.54, 1.807) is 11.3 Å². The van der Waals surface area contributed by atoms with Gasteiger partial charge in [0.1, 0.15) is 0 Å². The molecule has 272 valence electrons. The number of aromatic nitrogens is 4. The Balaban J connectivity index is 1.28. The minimum absolute atomic E-state index is 0.0467. The Bertz CT molecular complexity index is 3560. The van der Waals surface area contributed by atoms with E-state index in [0.29, 0.717) is 5.92 Å². The van der Waals surface area contributed by atoms with Crippen LogP contribution >= 0.6 is 11.3 Å². The maximum absolute atomic E-state index is 5.62. The molecule has 0 saturated heterocycles. The highest BCUT2D eigenvalue weighted by Crippen LogP contribution is 2.59. The Kier molecular flexibility index (Phi) is 6.01. The first kappa shape index (κ1) is 31.9. The van der Waals surface area contributed by atoms with E-state index in [4.69, 9.17) is 9.97 Å². The number of nitrogens with zero attached hydrogens (tertiary/aromatic N) is 4. The van der Waals surface area contributed by atoms with Crippen LogP contribution in [0.15, 0.2) is 140 Å². The molecule has 2 unspecified atom stereocenters. The van der Waals surface area contributed by atoms with Crippen molar-refractivity contribution in [3.8, 4) is 22.9 Å². The third kappa shape index (κ3) is 3.93. The molecule has 0 radical (unpaired) electrons. The van der Waals surface area contributed by atoms with Crippen LogP contribution in [0.4, 0.5) is 0 Å². The number of para-hydroxylation sites is 1. The molecule has 0 bridgehead atoms. The van der Waals surface area contributed by atoms with E-state index in [1.165, 1.54) is 75.9 Å². The van der Waals surface area contributed by atoms with Gasteiger partial charge in [0.05, 0.1) is 38.0 Å². The molecule has 0 spiro atoms. The maximum atomic E-state index is 5.62. The van der Waals surface area contributed by atoms with Crippen molar-refractivity contribution in [3.05, 3.63) is 156 Å². The molecule has 2 aliphatic rings. The number of thiophene rings is 1. The Labute approximate surface area is 333 Å².